The van der Waals surface area contributed by atoms with Gasteiger partial charge >= 0.3 is 0 Å². The molecule has 2 N–H and O–H groups in total. The minimum atomic E-state index is 0.429. The maximum absolute atomic E-state index is 6.30. The molecule has 0 radical (unpaired) electrons. The molecule has 3 rings (SSSR count). The molecule has 0 fully saturated rings. The number of halogens is 2. The van der Waals surface area contributed by atoms with Gasteiger partial charge in [0.1, 0.15) is 11.4 Å². The van der Waals surface area contributed by atoms with E-state index in [1.54, 1.807) is 4.80 Å². The highest BCUT2D eigenvalue weighted by Crippen LogP contribution is 2.26. The van der Waals surface area contributed by atoms with Crippen LogP contribution in [0, 0.1) is 0 Å². The van der Waals surface area contributed by atoms with Gasteiger partial charge in [0.15, 0.2) is 0 Å². The molecule has 0 amide bonds. The molecule has 0 aliphatic rings. The molecule has 3 aromatic rings. The number of nitrogens with zero attached hydrogens (tertiary/aromatic N) is 3. The molecule has 27 heavy (non-hydrogen) atoms. The van der Waals surface area contributed by atoms with Crippen molar-refractivity contribution in [3.63, 3.8) is 0 Å². The number of benzene rings is 2. The first-order valence-electron chi connectivity index (χ1n) is 8.96. The molecule has 0 spiro atoms. The van der Waals surface area contributed by atoms with Crippen LogP contribution in [0.25, 0.3) is 11.3 Å². The molecule has 0 atom stereocenters. The van der Waals surface area contributed by atoms with Gasteiger partial charge < -0.3 is 10.6 Å². The van der Waals surface area contributed by atoms with Gasteiger partial charge in [0.2, 0.25) is 0 Å². The van der Waals surface area contributed by atoms with Gasteiger partial charge in [-0.3, -0.25) is 0 Å². The van der Waals surface area contributed by atoms with E-state index in [2.05, 4.69) is 10.6 Å². The zero-order valence-electron chi connectivity index (χ0n) is 15.3. The lowest BCUT2D eigenvalue weighted by atomic mass is 10.1. The van der Waals surface area contributed by atoms with E-state index < -0.39 is 0 Å². The second-order valence-corrected chi connectivity index (χ2v) is 7.04. The first kappa shape index (κ1) is 19.8. The molecule has 0 bridgehead atoms. The van der Waals surface area contributed by atoms with Gasteiger partial charge in [0, 0.05) is 27.7 Å². The van der Waals surface area contributed by atoms with Gasteiger partial charge in [-0.1, -0.05) is 59.6 Å². The lowest BCUT2D eigenvalue weighted by Gasteiger charge is -2.05. The Morgan fingerprint density at radius 1 is 0.926 bits per heavy atom. The highest BCUT2D eigenvalue weighted by atomic mass is 35.5. The predicted octanol–water partition coefficient (Wildman–Crippen LogP) is 4.00. The van der Waals surface area contributed by atoms with E-state index in [4.69, 9.17) is 33.4 Å². The fourth-order valence-corrected chi connectivity index (χ4v) is 3.33. The molecular formula is C20H23Cl2N5. The van der Waals surface area contributed by atoms with Gasteiger partial charge in [-0.05, 0) is 38.7 Å². The molecule has 1 heterocycles. The number of aromatic nitrogens is 3. The minimum Gasteiger partial charge on any atom is -0.320 e. The molecule has 0 saturated heterocycles. The first-order valence-corrected chi connectivity index (χ1v) is 9.72. The number of rotatable bonds is 9. The number of hydrogen-bond donors (Lipinski definition) is 2. The van der Waals surface area contributed by atoms with Crippen LogP contribution in [0.15, 0.2) is 48.5 Å². The molecule has 142 valence electrons. The summed E-state index contributed by atoms with van der Waals surface area (Å²) < 4.78 is 0. The lowest BCUT2D eigenvalue weighted by Crippen LogP contribution is -2.20. The summed E-state index contributed by atoms with van der Waals surface area (Å²) in [4.78, 5) is 1.67. The maximum atomic E-state index is 6.30. The van der Waals surface area contributed by atoms with E-state index in [0.717, 1.165) is 42.0 Å². The normalized spacial score (nSPS) is 11.1. The summed E-state index contributed by atoms with van der Waals surface area (Å²) in [6, 6.07) is 15.6. The van der Waals surface area contributed by atoms with Crippen LogP contribution in [0.2, 0.25) is 10.0 Å². The summed E-state index contributed by atoms with van der Waals surface area (Å²) in [5.41, 5.74) is 3.65. The Morgan fingerprint density at radius 3 is 2.37 bits per heavy atom. The van der Waals surface area contributed by atoms with E-state index in [9.17, 15) is 0 Å². The molecule has 2 aromatic carbocycles. The quantitative estimate of drug-likeness (QED) is 0.530. The van der Waals surface area contributed by atoms with Gasteiger partial charge in [-0.15, -0.1) is 0 Å². The van der Waals surface area contributed by atoms with Crippen LogP contribution >= 0.6 is 23.2 Å². The van der Waals surface area contributed by atoms with Crippen LogP contribution in [0.1, 0.15) is 17.7 Å². The van der Waals surface area contributed by atoms with Crippen LogP contribution in [0.5, 0.6) is 0 Å². The maximum Gasteiger partial charge on any atom is 0.117 e. The summed E-state index contributed by atoms with van der Waals surface area (Å²) in [6.07, 6.45) is 1.06. The Hall–Kier alpha value is -1.92. The van der Waals surface area contributed by atoms with E-state index in [0.29, 0.717) is 23.1 Å². The van der Waals surface area contributed by atoms with Crippen molar-refractivity contribution >= 4 is 23.2 Å². The van der Waals surface area contributed by atoms with Crippen LogP contribution in [-0.2, 0) is 13.1 Å². The standard InChI is InChI=1S/C20H23Cl2N5/c1-23-11-6-12-24-13-19-20(15-7-3-2-4-8-15)26-27(25-19)14-16-17(21)9-5-10-18(16)22/h2-5,7-10,23-24H,6,11-14H2,1H3. The Kier molecular flexibility index (Phi) is 7.24. The number of hydrogen-bond acceptors (Lipinski definition) is 4. The van der Waals surface area contributed by atoms with Gasteiger partial charge in [0.25, 0.3) is 0 Å². The average Bonchev–Trinajstić information content (AvgIpc) is 3.08. The SMILES string of the molecule is CNCCCNCc1nn(Cc2c(Cl)cccc2Cl)nc1-c1ccccc1. The number of nitrogens with one attached hydrogen (secondary N) is 2. The highest BCUT2D eigenvalue weighted by Gasteiger charge is 2.15. The molecular weight excluding hydrogens is 381 g/mol. The summed E-state index contributed by atoms with van der Waals surface area (Å²) in [6.45, 7) is 2.98. The van der Waals surface area contributed by atoms with E-state index in [1.165, 1.54) is 0 Å². The Bertz CT molecular complexity index is 844. The van der Waals surface area contributed by atoms with Crippen LogP contribution in [-0.4, -0.2) is 35.1 Å². The topological polar surface area (TPSA) is 54.8 Å². The molecule has 5 nitrogen and oxygen atoms in total. The molecule has 0 saturated carbocycles. The Morgan fingerprint density at radius 2 is 1.67 bits per heavy atom. The molecule has 1 aromatic heterocycles. The van der Waals surface area contributed by atoms with Crippen molar-refractivity contribution in [2.24, 2.45) is 0 Å². The summed E-state index contributed by atoms with van der Waals surface area (Å²) in [7, 11) is 1.96. The fourth-order valence-electron chi connectivity index (χ4n) is 2.81. The van der Waals surface area contributed by atoms with Gasteiger partial charge in [-0.25, -0.2) is 0 Å². The molecule has 0 aliphatic carbocycles. The van der Waals surface area contributed by atoms with Crippen molar-refractivity contribution in [2.45, 2.75) is 19.5 Å². The third-order valence-corrected chi connectivity index (χ3v) is 4.91. The molecule has 7 heteroatoms. The van der Waals surface area contributed by atoms with Crippen LogP contribution in [0.4, 0.5) is 0 Å². The third kappa shape index (κ3) is 5.30. The summed E-state index contributed by atoms with van der Waals surface area (Å²) in [5, 5.41) is 17.2. The predicted molar refractivity (Wildman–Crippen MR) is 111 cm³/mol. The van der Waals surface area contributed by atoms with E-state index in [1.807, 2.05) is 55.6 Å². The average molecular weight is 404 g/mol. The van der Waals surface area contributed by atoms with Crippen molar-refractivity contribution in [2.75, 3.05) is 20.1 Å². The zero-order valence-corrected chi connectivity index (χ0v) is 16.8. The highest BCUT2D eigenvalue weighted by molar-refractivity contribution is 6.35. The second-order valence-electron chi connectivity index (χ2n) is 6.23. The van der Waals surface area contributed by atoms with Crippen molar-refractivity contribution in [3.05, 3.63) is 69.8 Å². The largest absolute Gasteiger partial charge is 0.320 e. The minimum absolute atomic E-state index is 0.429. The van der Waals surface area contributed by atoms with Crippen molar-refractivity contribution in [1.29, 1.82) is 0 Å². The lowest BCUT2D eigenvalue weighted by molar-refractivity contribution is 0.571. The second kappa shape index (κ2) is 9.85. The molecule has 0 aliphatic heterocycles. The summed E-state index contributed by atoms with van der Waals surface area (Å²) in [5.74, 6) is 0. The van der Waals surface area contributed by atoms with E-state index >= 15 is 0 Å². The third-order valence-electron chi connectivity index (χ3n) is 4.21. The van der Waals surface area contributed by atoms with E-state index in [-0.39, 0.29) is 0 Å². The summed E-state index contributed by atoms with van der Waals surface area (Å²) >= 11 is 12.6. The fraction of sp³-hybridized carbons (Fsp3) is 0.300. The first-order chi connectivity index (χ1) is 13.2. The smallest absolute Gasteiger partial charge is 0.117 e. The van der Waals surface area contributed by atoms with Crippen LogP contribution in [0.3, 0.4) is 0 Å². The van der Waals surface area contributed by atoms with Gasteiger partial charge in [0.05, 0.1) is 6.54 Å². The van der Waals surface area contributed by atoms with Gasteiger partial charge in [-0.2, -0.15) is 15.0 Å². The monoisotopic (exact) mass is 403 g/mol. The molecule has 0 unspecified atom stereocenters. The Labute approximate surface area is 169 Å². The Balaban J connectivity index is 1.83. The van der Waals surface area contributed by atoms with Crippen molar-refractivity contribution in [3.8, 4) is 11.3 Å². The van der Waals surface area contributed by atoms with Crippen molar-refractivity contribution < 1.29 is 0 Å². The zero-order chi connectivity index (χ0) is 19.1. The van der Waals surface area contributed by atoms with Crippen LogP contribution < -0.4 is 10.6 Å². The van der Waals surface area contributed by atoms with Crippen molar-refractivity contribution in [1.82, 2.24) is 25.6 Å².